The van der Waals surface area contributed by atoms with Gasteiger partial charge in [-0.05, 0) is 49.9 Å². The average molecular weight is 233 g/mol. The first-order valence-electron chi connectivity index (χ1n) is 6.28. The monoisotopic (exact) mass is 233 g/mol. The molecule has 2 aliphatic heterocycles. The van der Waals surface area contributed by atoms with E-state index in [1.54, 1.807) is 12.1 Å². The fourth-order valence-electron chi connectivity index (χ4n) is 3.12. The van der Waals surface area contributed by atoms with Gasteiger partial charge in [-0.25, -0.2) is 4.39 Å². The Morgan fingerprint density at radius 1 is 1.12 bits per heavy atom. The van der Waals surface area contributed by atoms with Gasteiger partial charge in [-0.1, -0.05) is 0 Å². The third-order valence-corrected chi connectivity index (χ3v) is 3.97. The number of benzene rings is 1. The van der Waals surface area contributed by atoms with Crippen LogP contribution in [0.1, 0.15) is 36.0 Å². The largest absolute Gasteiger partial charge is 0.311 e. The molecule has 2 heterocycles. The molecule has 1 N–H and O–H groups in total. The molecule has 2 aliphatic rings. The highest BCUT2D eigenvalue weighted by Gasteiger charge is 2.36. The van der Waals surface area contributed by atoms with Gasteiger partial charge >= 0.3 is 0 Å². The van der Waals surface area contributed by atoms with Crippen LogP contribution in [0, 0.1) is 11.7 Å². The lowest BCUT2D eigenvalue weighted by Gasteiger charge is -2.28. The maximum Gasteiger partial charge on any atom is 0.166 e. The van der Waals surface area contributed by atoms with Gasteiger partial charge in [0.1, 0.15) is 5.82 Å². The van der Waals surface area contributed by atoms with E-state index in [0.717, 1.165) is 12.8 Å². The van der Waals surface area contributed by atoms with Crippen molar-refractivity contribution in [1.82, 2.24) is 5.32 Å². The van der Waals surface area contributed by atoms with Crippen LogP contribution in [-0.4, -0.2) is 17.9 Å². The molecule has 3 atom stereocenters. The van der Waals surface area contributed by atoms with Crippen molar-refractivity contribution >= 4 is 5.78 Å². The van der Waals surface area contributed by atoms with Crippen LogP contribution in [0.2, 0.25) is 0 Å². The molecule has 0 radical (unpaired) electrons. The molecule has 3 rings (SSSR count). The van der Waals surface area contributed by atoms with Crippen LogP contribution < -0.4 is 5.32 Å². The zero-order valence-electron chi connectivity index (χ0n) is 9.66. The molecule has 2 nitrogen and oxygen atoms in total. The van der Waals surface area contributed by atoms with Gasteiger partial charge < -0.3 is 5.32 Å². The first-order valence-corrected chi connectivity index (χ1v) is 6.28. The van der Waals surface area contributed by atoms with Crippen LogP contribution in [0.4, 0.5) is 4.39 Å². The van der Waals surface area contributed by atoms with E-state index >= 15 is 0 Å². The minimum absolute atomic E-state index is 0.124. The third-order valence-electron chi connectivity index (χ3n) is 3.97. The van der Waals surface area contributed by atoms with E-state index in [4.69, 9.17) is 0 Å². The number of carbonyl (C=O) groups is 1. The molecule has 0 aromatic heterocycles. The van der Waals surface area contributed by atoms with Gasteiger partial charge in [-0.3, -0.25) is 4.79 Å². The molecule has 1 aromatic carbocycles. The summed E-state index contributed by atoms with van der Waals surface area (Å²) >= 11 is 0. The first kappa shape index (κ1) is 10.9. The summed E-state index contributed by atoms with van der Waals surface area (Å²) in [4.78, 5) is 12.3. The molecule has 2 saturated heterocycles. The van der Waals surface area contributed by atoms with Gasteiger partial charge in [0.15, 0.2) is 5.78 Å². The molecule has 2 fully saturated rings. The Bertz CT molecular complexity index is 416. The molecule has 1 unspecified atom stereocenters. The molecule has 0 saturated carbocycles. The Morgan fingerprint density at radius 2 is 1.71 bits per heavy atom. The minimum Gasteiger partial charge on any atom is -0.311 e. The fraction of sp³-hybridized carbons (Fsp3) is 0.500. The van der Waals surface area contributed by atoms with Crippen molar-refractivity contribution in [2.75, 3.05) is 0 Å². The summed E-state index contributed by atoms with van der Waals surface area (Å²) in [6, 6.07) is 6.96. The highest BCUT2D eigenvalue weighted by Crippen LogP contribution is 2.32. The van der Waals surface area contributed by atoms with Crippen LogP contribution in [-0.2, 0) is 0 Å². The number of hydrogen-bond acceptors (Lipinski definition) is 2. The summed E-state index contributed by atoms with van der Waals surface area (Å²) in [5.74, 6) is 0.0227. The van der Waals surface area contributed by atoms with Crippen molar-refractivity contribution in [3.63, 3.8) is 0 Å². The maximum absolute atomic E-state index is 12.8. The number of carbonyl (C=O) groups excluding carboxylic acids is 1. The Kier molecular flexibility index (Phi) is 2.71. The molecule has 3 heteroatoms. The summed E-state index contributed by atoms with van der Waals surface area (Å²) in [6.07, 6.45) is 4.26. The normalized spacial score (nSPS) is 31.5. The maximum atomic E-state index is 12.8. The van der Waals surface area contributed by atoms with Crippen molar-refractivity contribution < 1.29 is 9.18 Å². The second-order valence-corrected chi connectivity index (χ2v) is 5.18. The molecule has 0 amide bonds. The van der Waals surface area contributed by atoms with Gasteiger partial charge in [0.2, 0.25) is 0 Å². The topological polar surface area (TPSA) is 29.1 Å². The molecule has 17 heavy (non-hydrogen) atoms. The molecule has 0 spiro atoms. The molecule has 90 valence electrons. The zero-order chi connectivity index (χ0) is 11.8. The quantitative estimate of drug-likeness (QED) is 0.795. The van der Waals surface area contributed by atoms with E-state index in [1.807, 2.05) is 0 Å². The standard InChI is InChI=1S/C14H16FNO/c15-11-3-1-9(2-4-11)14(17)10-7-12-5-6-13(8-10)16-12/h1-4,10,12-13,16H,5-8H2/t10?,12-,13+. The summed E-state index contributed by atoms with van der Waals surface area (Å²) in [7, 11) is 0. The first-order chi connectivity index (χ1) is 8.22. The van der Waals surface area contributed by atoms with Crippen molar-refractivity contribution in [1.29, 1.82) is 0 Å². The predicted molar refractivity (Wildman–Crippen MR) is 63.4 cm³/mol. The smallest absolute Gasteiger partial charge is 0.166 e. The summed E-state index contributed by atoms with van der Waals surface area (Å²) in [5, 5.41) is 3.52. The number of fused-ring (bicyclic) bond motifs is 2. The predicted octanol–water partition coefficient (Wildman–Crippen LogP) is 2.54. The SMILES string of the molecule is O=C(c1ccc(F)cc1)C1C[C@H]2CC[C@@H](C1)N2. The van der Waals surface area contributed by atoms with E-state index in [2.05, 4.69) is 5.32 Å². The highest BCUT2D eigenvalue weighted by molar-refractivity contribution is 5.98. The number of nitrogens with one attached hydrogen (secondary N) is 1. The van der Waals surface area contributed by atoms with E-state index in [9.17, 15) is 9.18 Å². The van der Waals surface area contributed by atoms with E-state index < -0.39 is 0 Å². The van der Waals surface area contributed by atoms with E-state index in [-0.39, 0.29) is 17.5 Å². The Hall–Kier alpha value is -1.22. The van der Waals surface area contributed by atoms with Gasteiger partial charge in [0, 0.05) is 23.6 Å². The number of Topliss-reactive ketones (excluding diaryl/α,β-unsaturated/α-hetero) is 1. The zero-order valence-corrected chi connectivity index (χ0v) is 9.66. The molecular weight excluding hydrogens is 217 g/mol. The van der Waals surface area contributed by atoms with Crippen LogP contribution in [0.3, 0.4) is 0 Å². The van der Waals surface area contributed by atoms with Crippen LogP contribution in [0.15, 0.2) is 24.3 Å². The number of rotatable bonds is 2. The lowest BCUT2D eigenvalue weighted by molar-refractivity contribution is 0.0875. The van der Waals surface area contributed by atoms with Crippen LogP contribution in [0.5, 0.6) is 0 Å². The highest BCUT2D eigenvalue weighted by atomic mass is 19.1. The molecule has 2 bridgehead atoms. The third kappa shape index (κ3) is 2.12. The minimum atomic E-state index is -0.285. The van der Waals surface area contributed by atoms with E-state index in [0.29, 0.717) is 17.6 Å². The van der Waals surface area contributed by atoms with Crippen LogP contribution >= 0.6 is 0 Å². The Labute approximate surface area is 100 Å². The van der Waals surface area contributed by atoms with Crippen molar-refractivity contribution in [3.05, 3.63) is 35.6 Å². The Morgan fingerprint density at radius 3 is 2.29 bits per heavy atom. The molecule has 1 aromatic rings. The number of ketones is 1. The Balaban J connectivity index is 1.76. The van der Waals surface area contributed by atoms with Gasteiger partial charge in [-0.15, -0.1) is 0 Å². The molecular formula is C14H16FNO. The second-order valence-electron chi connectivity index (χ2n) is 5.18. The second kappa shape index (κ2) is 4.22. The van der Waals surface area contributed by atoms with Gasteiger partial charge in [-0.2, -0.15) is 0 Å². The van der Waals surface area contributed by atoms with Gasteiger partial charge in [0.05, 0.1) is 0 Å². The summed E-state index contributed by atoms with van der Waals surface area (Å²) < 4.78 is 12.8. The number of hydrogen-bond donors (Lipinski definition) is 1. The summed E-state index contributed by atoms with van der Waals surface area (Å²) in [6.45, 7) is 0. The number of halogens is 1. The lowest BCUT2D eigenvalue weighted by atomic mass is 9.86. The van der Waals surface area contributed by atoms with Crippen molar-refractivity contribution in [2.45, 2.75) is 37.8 Å². The lowest BCUT2D eigenvalue weighted by Crippen LogP contribution is -2.40. The summed E-state index contributed by atoms with van der Waals surface area (Å²) in [5.41, 5.74) is 0.651. The van der Waals surface area contributed by atoms with Gasteiger partial charge in [0.25, 0.3) is 0 Å². The average Bonchev–Trinajstić information content (AvgIpc) is 2.68. The van der Waals surface area contributed by atoms with Crippen LogP contribution in [0.25, 0.3) is 0 Å². The molecule has 0 aliphatic carbocycles. The number of piperidine rings is 1. The van der Waals surface area contributed by atoms with E-state index in [1.165, 1.54) is 25.0 Å². The fourth-order valence-corrected chi connectivity index (χ4v) is 3.12. The van der Waals surface area contributed by atoms with Crippen molar-refractivity contribution in [3.8, 4) is 0 Å². The van der Waals surface area contributed by atoms with Crippen molar-refractivity contribution in [2.24, 2.45) is 5.92 Å².